The Bertz CT molecular complexity index is 2140. The van der Waals surface area contributed by atoms with Crippen LogP contribution in [0.3, 0.4) is 0 Å². The summed E-state index contributed by atoms with van der Waals surface area (Å²) in [5.74, 6) is 1.69. The van der Waals surface area contributed by atoms with Crippen molar-refractivity contribution in [3.05, 3.63) is 147 Å². The number of carbonyl (C=O) groups is 1. The Kier molecular flexibility index (Phi) is 12.3. The van der Waals surface area contributed by atoms with Gasteiger partial charge in [0.05, 0.1) is 30.6 Å². The predicted octanol–water partition coefficient (Wildman–Crippen LogP) is 10.2. The molecule has 12 heteroatoms. The maximum atomic E-state index is 12.8. The van der Waals surface area contributed by atoms with Gasteiger partial charge in [-0.05, 0) is 84.3 Å². The minimum atomic E-state index is -0.367. The fourth-order valence-electron chi connectivity index (χ4n) is 5.02. The Morgan fingerprint density at radius 2 is 1.60 bits per heavy atom. The average Bonchev–Trinajstić information content (AvgIpc) is 3.63. The number of amides is 1. The number of nitrogens with zero attached hydrogens (tertiary/aromatic N) is 2. The van der Waals surface area contributed by atoms with Gasteiger partial charge in [0.15, 0.2) is 28.1 Å². The number of ether oxygens (including phenoxy) is 4. The molecule has 264 valence electrons. The number of hydrogen-bond acceptors (Lipinski definition) is 9. The highest BCUT2D eigenvalue weighted by Crippen LogP contribution is 2.38. The zero-order valence-electron chi connectivity index (χ0n) is 28.3. The number of thiazole rings is 1. The lowest BCUT2D eigenvalue weighted by Gasteiger charge is -2.16. The first kappa shape index (κ1) is 36.2. The highest BCUT2D eigenvalue weighted by molar-refractivity contribution is 7.14. The SMILES string of the molecule is CCOc1cc(/C=N\NC(=O)c2ccc(-c3csc(Nc4ccc(Cl)cc4)n3)cc2)cc(Cl)c1OCc1ccc(OCc2ccccc2)c(OC)c1. The summed E-state index contributed by atoms with van der Waals surface area (Å²) < 4.78 is 23.5. The van der Waals surface area contributed by atoms with Crippen molar-refractivity contribution < 1.29 is 23.7 Å². The standard InChI is InChI=1S/C40H34Cl2N4O5S/c1-3-49-37-21-28(19-33(42)38(37)51-24-27-9-18-35(36(20-27)48-2)50-23-26-7-5-4-6-8-26)22-43-46-39(47)30-12-10-29(11-13-30)34-25-52-40(45-34)44-32-16-14-31(41)15-17-32/h4-22,25H,3,23-24H2,1-2H3,(H,44,45)(H,46,47)/b43-22-. The molecule has 0 aliphatic rings. The number of methoxy groups -OCH3 is 1. The molecule has 2 N–H and O–H groups in total. The number of hydrazone groups is 1. The lowest BCUT2D eigenvalue weighted by atomic mass is 10.1. The van der Waals surface area contributed by atoms with Gasteiger partial charge in [0.2, 0.25) is 0 Å². The molecule has 0 saturated carbocycles. The van der Waals surface area contributed by atoms with Crippen LogP contribution in [0.5, 0.6) is 23.0 Å². The molecular formula is C40H34Cl2N4O5S. The molecule has 0 spiro atoms. The molecule has 0 unspecified atom stereocenters. The van der Waals surface area contributed by atoms with Gasteiger partial charge in [0, 0.05) is 27.2 Å². The van der Waals surface area contributed by atoms with Crippen molar-refractivity contribution in [2.45, 2.75) is 20.1 Å². The summed E-state index contributed by atoms with van der Waals surface area (Å²) in [6.45, 7) is 2.89. The van der Waals surface area contributed by atoms with Crippen molar-refractivity contribution in [1.29, 1.82) is 0 Å². The van der Waals surface area contributed by atoms with Gasteiger partial charge in [-0.25, -0.2) is 10.4 Å². The Labute approximate surface area is 315 Å². The van der Waals surface area contributed by atoms with Crippen LogP contribution in [0.15, 0.2) is 120 Å². The number of rotatable bonds is 15. The molecule has 0 aliphatic carbocycles. The fraction of sp³-hybridized carbons (Fsp3) is 0.125. The van der Waals surface area contributed by atoms with E-state index in [4.69, 9.17) is 42.1 Å². The summed E-state index contributed by atoms with van der Waals surface area (Å²) in [6.07, 6.45) is 1.49. The maximum Gasteiger partial charge on any atom is 0.271 e. The van der Waals surface area contributed by atoms with Crippen LogP contribution in [0.4, 0.5) is 10.8 Å². The van der Waals surface area contributed by atoms with Gasteiger partial charge >= 0.3 is 0 Å². The first-order chi connectivity index (χ1) is 25.4. The van der Waals surface area contributed by atoms with Crippen molar-refractivity contribution in [3.8, 4) is 34.3 Å². The zero-order chi connectivity index (χ0) is 36.3. The quantitative estimate of drug-likeness (QED) is 0.0795. The first-order valence-electron chi connectivity index (χ1n) is 16.2. The lowest BCUT2D eigenvalue weighted by molar-refractivity contribution is 0.0955. The topological polar surface area (TPSA) is 103 Å². The smallest absolute Gasteiger partial charge is 0.271 e. The molecule has 6 rings (SSSR count). The molecule has 5 aromatic carbocycles. The van der Waals surface area contributed by atoms with Gasteiger partial charge in [-0.15, -0.1) is 11.3 Å². The van der Waals surface area contributed by atoms with Crippen molar-refractivity contribution in [1.82, 2.24) is 10.4 Å². The number of carbonyl (C=O) groups excluding carboxylic acids is 1. The van der Waals surface area contributed by atoms with Crippen molar-refractivity contribution in [3.63, 3.8) is 0 Å². The fourth-order valence-corrected chi connectivity index (χ4v) is 6.16. The normalized spacial score (nSPS) is 10.9. The third-order valence-corrected chi connectivity index (χ3v) is 8.89. The van der Waals surface area contributed by atoms with E-state index in [1.807, 2.05) is 97.2 Å². The van der Waals surface area contributed by atoms with Crippen molar-refractivity contribution in [2.24, 2.45) is 5.10 Å². The summed E-state index contributed by atoms with van der Waals surface area (Å²) in [7, 11) is 1.60. The second-order valence-electron chi connectivity index (χ2n) is 11.3. The van der Waals surface area contributed by atoms with Gasteiger partial charge in [-0.1, -0.05) is 71.7 Å². The average molecular weight is 754 g/mol. The molecule has 52 heavy (non-hydrogen) atoms. The van der Waals surface area contributed by atoms with Gasteiger partial charge in [0.1, 0.15) is 13.2 Å². The summed E-state index contributed by atoms with van der Waals surface area (Å²) >= 11 is 14.1. The lowest BCUT2D eigenvalue weighted by Crippen LogP contribution is -2.17. The predicted molar refractivity (Wildman–Crippen MR) is 208 cm³/mol. The van der Waals surface area contributed by atoms with Crippen LogP contribution in [0.1, 0.15) is 34.0 Å². The van der Waals surface area contributed by atoms with E-state index in [2.05, 4.69) is 20.8 Å². The summed E-state index contributed by atoms with van der Waals surface area (Å²) in [5, 5.41) is 11.1. The molecule has 9 nitrogen and oxygen atoms in total. The van der Waals surface area contributed by atoms with E-state index in [1.54, 1.807) is 31.4 Å². The van der Waals surface area contributed by atoms with Crippen molar-refractivity contribution in [2.75, 3.05) is 19.0 Å². The number of halogens is 2. The number of anilines is 2. The third kappa shape index (κ3) is 9.61. The van der Waals surface area contributed by atoms with Crippen LogP contribution in [-0.4, -0.2) is 30.8 Å². The molecule has 0 saturated heterocycles. The van der Waals surface area contributed by atoms with Crippen LogP contribution in [-0.2, 0) is 13.2 Å². The van der Waals surface area contributed by atoms with Crippen LogP contribution in [0.2, 0.25) is 10.0 Å². The zero-order valence-corrected chi connectivity index (χ0v) is 30.6. The third-order valence-electron chi connectivity index (χ3n) is 7.60. The Hall–Kier alpha value is -5.55. The van der Waals surface area contributed by atoms with E-state index in [9.17, 15) is 4.79 Å². The molecule has 0 fully saturated rings. The largest absolute Gasteiger partial charge is 0.493 e. The summed E-state index contributed by atoms with van der Waals surface area (Å²) in [6, 6.07) is 33.5. The van der Waals surface area contributed by atoms with E-state index in [0.717, 1.165) is 33.2 Å². The number of benzene rings is 5. The van der Waals surface area contributed by atoms with Crippen LogP contribution < -0.4 is 29.7 Å². The molecule has 6 aromatic rings. The molecule has 1 aromatic heterocycles. The Balaban J connectivity index is 1.05. The minimum absolute atomic E-state index is 0.210. The van der Waals surface area contributed by atoms with E-state index in [0.29, 0.717) is 57.4 Å². The van der Waals surface area contributed by atoms with Crippen LogP contribution in [0.25, 0.3) is 11.3 Å². The minimum Gasteiger partial charge on any atom is -0.493 e. The van der Waals surface area contributed by atoms with E-state index < -0.39 is 0 Å². The number of aromatic nitrogens is 1. The molecular weight excluding hydrogens is 719 g/mol. The number of nitrogens with one attached hydrogen (secondary N) is 2. The molecule has 1 amide bonds. The summed E-state index contributed by atoms with van der Waals surface area (Å²) in [4.78, 5) is 17.5. The molecule has 1 heterocycles. The number of hydrogen-bond donors (Lipinski definition) is 2. The van der Waals surface area contributed by atoms with Gasteiger partial charge < -0.3 is 24.3 Å². The van der Waals surface area contributed by atoms with E-state index in [-0.39, 0.29) is 12.5 Å². The highest BCUT2D eigenvalue weighted by atomic mass is 35.5. The summed E-state index contributed by atoms with van der Waals surface area (Å²) in [5.41, 5.74) is 8.10. The monoisotopic (exact) mass is 752 g/mol. The molecule has 0 radical (unpaired) electrons. The molecule has 0 atom stereocenters. The second kappa shape index (κ2) is 17.6. The van der Waals surface area contributed by atoms with E-state index in [1.165, 1.54) is 17.6 Å². The van der Waals surface area contributed by atoms with Gasteiger partial charge in [-0.2, -0.15) is 5.10 Å². The first-order valence-corrected chi connectivity index (χ1v) is 17.9. The Morgan fingerprint density at radius 3 is 2.35 bits per heavy atom. The highest BCUT2D eigenvalue weighted by Gasteiger charge is 2.15. The second-order valence-corrected chi connectivity index (χ2v) is 13.0. The maximum absolute atomic E-state index is 12.8. The van der Waals surface area contributed by atoms with Crippen molar-refractivity contribution >= 4 is 57.5 Å². The van der Waals surface area contributed by atoms with Gasteiger partial charge in [-0.3, -0.25) is 4.79 Å². The molecule has 0 aliphatic heterocycles. The van der Waals surface area contributed by atoms with Gasteiger partial charge in [0.25, 0.3) is 5.91 Å². The van der Waals surface area contributed by atoms with E-state index >= 15 is 0 Å². The van der Waals surface area contributed by atoms with Crippen LogP contribution in [0, 0.1) is 0 Å². The van der Waals surface area contributed by atoms with Crippen LogP contribution >= 0.6 is 34.5 Å². The Morgan fingerprint density at radius 1 is 0.827 bits per heavy atom. The molecule has 0 bridgehead atoms.